The Labute approximate surface area is 566 Å². The number of likely N-dealkylation sites (tertiary alicyclic amines) is 2. The van der Waals surface area contributed by atoms with Crippen LogP contribution >= 0.6 is 22.7 Å². The van der Waals surface area contributed by atoms with Crippen molar-refractivity contribution >= 4 is 81.7 Å². The number of ketones is 3. The summed E-state index contributed by atoms with van der Waals surface area (Å²) in [6.07, 6.45) is 6.85. The van der Waals surface area contributed by atoms with Crippen LogP contribution in [0.2, 0.25) is 0 Å². The SMILES string of the molecule is C[C@@H](C(=O)N[C@H](C(=O)N1C[C@@H](CC(=O)c2ccc(C(=O)N[C@H]3C[C@@H](c4nc(C(=O)c5ccc(F)cc5)cs4)N(C(=O)[C@@H](NC(=O)[C@H](C)N(C)C(=O)OC(C)(C)C)C4CCCCC4)C3)cc2)C[C@H]1c1nc(C(=O)c2ccc(F)cc2)cs1)C1CCCCC1)N(C)C(=O)OC(C)(C)C. The molecule has 0 unspecified atom stereocenters. The molecule has 4 aliphatic rings. The van der Waals surface area contributed by atoms with Gasteiger partial charge in [0.25, 0.3) is 5.91 Å². The summed E-state index contributed by atoms with van der Waals surface area (Å²) in [5.74, 6) is -5.58. The molecular formula is C71H87F2N9O12S2. The van der Waals surface area contributed by atoms with Crippen molar-refractivity contribution in [3.8, 4) is 0 Å². The molecule has 7 amide bonds. The molecule has 21 nitrogen and oxygen atoms in total. The zero-order valence-electron chi connectivity index (χ0n) is 56.1. The minimum absolute atomic E-state index is 0.00775. The fraction of sp³-hybridized carbons (Fsp3) is 0.521. The Balaban J connectivity index is 0.932. The second-order valence-corrected chi connectivity index (χ2v) is 29.6. The van der Waals surface area contributed by atoms with Gasteiger partial charge in [-0.3, -0.25) is 48.2 Å². The summed E-state index contributed by atoms with van der Waals surface area (Å²) in [6, 6.07) is 10.1. The smallest absolute Gasteiger partial charge is 0.410 e. The molecule has 3 aromatic carbocycles. The van der Waals surface area contributed by atoms with Gasteiger partial charge in [-0.25, -0.2) is 28.3 Å². The van der Waals surface area contributed by atoms with Crippen molar-refractivity contribution in [3.63, 3.8) is 0 Å². The highest BCUT2D eigenvalue weighted by molar-refractivity contribution is 7.10. The van der Waals surface area contributed by atoms with E-state index in [1.54, 1.807) is 88.1 Å². The van der Waals surface area contributed by atoms with Gasteiger partial charge in [-0.15, -0.1) is 22.7 Å². The van der Waals surface area contributed by atoms with E-state index < -0.39 is 118 Å². The summed E-state index contributed by atoms with van der Waals surface area (Å²) in [6.45, 7) is 13.5. The van der Waals surface area contributed by atoms with E-state index in [9.17, 15) is 47.1 Å². The molecule has 9 rings (SSSR count). The highest BCUT2D eigenvalue weighted by atomic mass is 32.1. The van der Waals surface area contributed by atoms with Crippen LogP contribution in [0.1, 0.15) is 214 Å². The Morgan fingerprint density at radius 3 is 1.35 bits per heavy atom. The first-order valence-electron chi connectivity index (χ1n) is 33.0. The number of hydrogen-bond acceptors (Lipinski definition) is 16. The quantitative estimate of drug-likeness (QED) is 0.0577. The number of amides is 7. The normalized spacial score (nSPS) is 19.9. The largest absolute Gasteiger partial charge is 0.444 e. The summed E-state index contributed by atoms with van der Waals surface area (Å²) in [7, 11) is 2.91. The van der Waals surface area contributed by atoms with E-state index in [1.165, 1.54) is 95.9 Å². The van der Waals surface area contributed by atoms with Gasteiger partial charge in [0.05, 0.1) is 12.1 Å². The third kappa shape index (κ3) is 17.8. The second-order valence-electron chi connectivity index (χ2n) is 27.8. The van der Waals surface area contributed by atoms with E-state index >= 15 is 9.59 Å². The van der Waals surface area contributed by atoms with Crippen LogP contribution in [-0.2, 0) is 28.7 Å². The third-order valence-electron chi connectivity index (χ3n) is 18.5. The van der Waals surface area contributed by atoms with Crippen LogP contribution in [0.5, 0.6) is 0 Å². The maximum atomic E-state index is 15.3. The standard InChI is InChI=1S/C71H87F2N9O12S2/c1-40(79(9)68(91)93-70(3,4)5)61(86)77-57(44-17-13-11-14-18-44)66(89)81-36-42(33-54(81)64-75-52(38-95-64)59(84)46-25-29-49(72)30-26-46)34-56(83)43-21-23-48(24-22-43)63(88)74-51-35-55(65-76-53(39-96-65)60(85)47-27-31-50(73)32-28-47)82(37-51)67(90)58(45-19-15-12-16-20-45)78-62(87)41(2)80(10)69(92)94-71(6,7)8/h21-32,38-42,44-45,51,54-55,57-58H,11-20,33-37H2,1-10H3,(H,74,88)(H,77,86)(H,78,87)/t40-,41-,42+,51-,54-,55-,57-,58-/m0/s1. The van der Waals surface area contributed by atoms with Gasteiger partial charge in [0.1, 0.15) is 68.4 Å². The first-order chi connectivity index (χ1) is 45.4. The Morgan fingerprint density at radius 2 is 0.938 bits per heavy atom. The molecular weight excluding hydrogens is 1270 g/mol. The van der Waals surface area contributed by atoms with Crippen molar-refractivity contribution in [1.29, 1.82) is 0 Å². The van der Waals surface area contributed by atoms with Crippen molar-refractivity contribution in [2.45, 2.75) is 192 Å². The number of hydrogen-bond donors (Lipinski definition) is 3. The summed E-state index contributed by atoms with van der Waals surface area (Å²) < 4.78 is 38.9. The summed E-state index contributed by atoms with van der Waals surface area (Å²) in [4.78, 5) is 156. The molecule has 5 aromatic rings. The predicted molar refractivity (Wildman–Crippen MR) is 356 cm³/mol. The van der Waals surface area contributed by atoms with E-state index in [2.05, 4.69) is 16.0 Å². The maximum Gasteiger partial charge on any atom is 0.410 e. The fourth-order valence-corrected chi connectivity index (χ4v) is 14.8. The minimum atomic E-state index is -1.03. The average Bonchev–Trinajstić information content (AvgIpc) is 1.64. The number of thiazole rings is 2. The van der Waals surface area contributed by atoms with Gasteiger partial charge in [-0.2, -0.15) is 0 Å². The third-order valence-corrected chi connectivity index (χ3v) is 20.4. The van der Waals surface area contributed by atoms with Crippen LogP contribution in [0.25, 0.3) is 0 Å². The molecule has 2 saturated carbocycles. The molecule has 2 aliphatic carbocycles. The molecule has 3 N–H and O–H groups in total. The van der Waals surface area contributed by atoms with Gasteiger partial charge >= 0.3 is 12.2 Å². The lowest BCUT2D eigenvalue weighted by atomic mass is 9.83. The Morgan fingerprint density at radius 1 is 0.552 bits per heavy atom. The molecule has 4 fully saturated rings. The minimum Gasteiger partial charge on any atom is -0.444 e. The number of Topliss-reactive ketones (excluding diaryl/α,β-unsaturated/α-hetero) is 1. The molecule has 0 radical (unpaired) electrons. The van der Waals surface area contributed by atoms with Gasteiger partial charge in [-0.05, 0) is 172 Å². The highest BCUT2D eigenvalue weighted by Gasteiger charge is 2.47. The number of ether oxygens (including phenoxy) is 2. The summed E-state index contributed by atoms with van der Waals surface area (Å²) in [5.41, 5.74) is -0.545. The van der Waals surface area contributed by atoms with Crippen molar-refractivity contribution in [1.82, 2.24) is 45.5 Å². The molecule has 0 bridgehead atoms. The zero-order chi connectivity index (χ0) is 69.5. The van der Waals surface area contributed by atoms with Gasteiger partial charge in [0.2, 0.25) is 35.2 Å². The Bertz CT molecular complexity index is 3430. The van der Waals surface area contributed by atoms with Crippen molar-refractivity contribution in [2.75, 3.05) is 27.2 Å². The Kier molecular flexibility index (Phi) is 23.1. The van der Waals surface area contributed by atoms with Crippen LogP contribution in [0.3, 0.4) is 0 Å². The molecule has 4 heterocycles. The lowest BCUT2D eigenvalue weighted by molar-refractivity contribution is -0.140. The Hall–Kier alpha value is -8.32. The van der Waals surface area contributed by atoms with Gasteiger partial charge in [-0.1, -0.05) is 50.7 Å². The number of rotatable bonds is 21. The molecule has 514 valence electrons. The van der Waals surface area contributed by atoms with Crippen LogP contribution in [0.4, 0.5) is 18.4 Å². The number of likely N-dealkylation sites (N-methyl/N-ethyl adjacent to an activating group) is 2. The average molecular weight is 1360 g/mol. The van der Waals surface area contributed by atoms with Gasteiger partial charge < -0.3 is 35.2 Å². The number of carbonyl (C=O) groups excluding carboxylic acids is 10. The van der Waals surface area contributed by atoms with E-state index in [0.717, 1.165) is 49.9 Å². The maximum absolute atomic E-state index is 15.3. The number of aromatic nitrogens is 2. The molecule has 8 atom stereocenters. The summed E-state index contributed by atoms with van der Waals surface area (Å²) in [5, 5.41) is 13.1. The van der Waals surface area contributed by atoms with Crippen molar-refractivity contribution in [2.24, 2.45) is 17.8 Å². The molecule has 0 spiro atoms. The second kappa shape index (κ2) is 30.8. The first kappa shape index (κ1) is 72.0. The lowest BCUT2D eigenvalue weighted by Gasteiger charge is -2.36. The molecule has 2 aromatic heterocycles. The van der Waals surface area contributed by atoms with Crippen molar-refractivity contribution < 1.29 is 66.2 Å². The number of halogens is 2. The van der Waals surface area contributed by atoms with Gasteiger partial charge in [0.15, 0.2) is 5.78 Å². The highest BCUT2D eigenvalue weighted by Crippen LogP contribution is 2.42. The molecule has 25 heteroatoms. The van der Waals surface area contributed by atoms with Gasteiger partial charge in [0, 0.05) is 72.7 Å². The van der Waals surface area contributed by atoms with Crippen LogP contribution in [0, 0.1) is 29.4 Å². The molecule has 96 heavy (non-hydrogen) atoms. The topological polar surface area (TPSA) is 264 Å². The monoisotopic (exact) mass is 1360 g/mol. The molecule has 2 aliphatic heterocycles. The molecule has 2 saturated heterocycles. The van der Waals surface area contributed by atoms with Crippen molar-refractivity contribution in [3.05, 3.63) is 139 Å². The number of carbonyl (C=O) groups is 10. The van der Waals surface area contributed by atoms with E-state index in [0.29, 0.717) is 41.3 Å². The lowest BCUT2D eigenvalue weighted by Crippen LogP contribution is -2.57. The van der Waals surface area contributed by atoms with Crippen LogP contribution in [0.15, 0.2) is 83.6 Å². The number of nitrogens with one attached hydrogen (secondary N) is 3. The number of benzene rings is 3. The fourth-order valence-electron chi connectivity index (χ4n) is 12.9. The van der Waals surface area contributed by atoms with E-state index in [1.807, 2.05) is 0 Å². The predicted octanol–water partition coefficient (Wildman–Crippen LogP) is 11.2. The number of nitrogens with zero attached hydrogens (tertiary/aromatic N) is 6. The zero-order valence-corrected chi connectivity index (χ0v) is 57.8. The van der Waals surface area contributed by atoms with Crippen LogP contribution < -0.4 is 16.0 Å². The summed E-state index contributed by atoms with van der Waals surface area (Å²) >= 11 is 2.33. The van der Waals surface area contributed by atoms with E-state index in [4.69, 9.17) is 19.4 Å². The van der Waals surface area contributed by atoms with E-state index in [-0.39, 0.29) is 84.0 Å². The van der Waals surface area contributed by atoms with Crippen LogP contribution in [-0.4, -0.2) is 157 Å². The first-order valence-corrected chi connectivity index (χ1v) is 34.8.